The van der Waals surface area contributed by atoms with Crippen LogP contribution in [-0.2, 0) is 0 Å². The van der Waals surface area contributed by atoms with Gasteiger partial charge in [-0.25, -0.2) is 4.39 Å². The molecule has 0 aliphatic rings. The van der Waals surface area contributed by atoms with Crippen LogP contribution in [0.3, 0.4) is 0 Å². The molecule has 1 nitrogen and oxygen atoms in total. The fourth-order valence-corrected chi connectivity index (χ4v) is 1.00. The van der Waals surface area contributed by atoms with Crippen molar-refractivity contribution in [3.05, 3.63) is 33.1 Å². The van der Waals surface area contributed by atoms with E-state index in [9.17, 15) is 4.39 Å². The van der Waals surface area contributed by atoms with Crippen molar-refractivity contribution in [2.75, 3.05) is 0 Å². The van der Waals surface area contributed by atoms with Gasteiger partial charge in [0, 0.05) is 10.3 Å². The minimum atomic E-state index is -0.345. The molecule has 1 rings (SSSR count). The summed E-state index contributed by atoms with van der Waals surface area (Å²) in [5.41, 5.74) is 0.309. The largest absolute Gasteiger partial charge is 0.252 e. The smallest absolute Gasteiger partial charge is 0.154 e. The molecule has 0 N–H and O–H groups in total. The van der Waals surface area contributed by atoms with E-state index in [1.807, 2.05) is 22.6 Å². The monoisotopic (exact) mass is 283 g/mol. The maximum Gasteiger partial charge on any atom is 0.154 e. The highest BCUT2D eigenvalue weighted by Crippen LogP contribution is 2.16. The first-order valence-corrected chi connectivity index (χ1v) is 4.44. The van der Waals surface area contributed by atoms with Crippen molar-refractivity contribution < 1.29 is 4.39 Å². The molecule has 11 heavy (non-hydrogen) atoms. The van der Waals surface area contributed by atoms with Gasteiger partial charge >= 0.3 is 0 Å². The van der Waals surface area contributed by atoms with Gasteiger partial charge in [0.25, 0.3) is 0 Å². The normalized spacial score (nSPS) is 11.7. The number of hydrogen-bond acceptors (Lipinski definition) is 1. The molecule has 0 saturated heterocycles. The Labute approximate surface area is 82.4 Å². The van der Waals surface area contributed by atoms with Gasteiger partial charge in [-0.3, -0.25) is 4.98 Å². The van der Waals surface area contributed by atoms with Gasteiger partial charge in [-0.2, -0.15) is 0 Å². The SMILES string of the molecule is FC(=CI)c1ccc(Cl)cn1. The summed E-state index contributed by atoms with van der Waals surface area (Å²) in [5, 5.41) is 0.509. The highest BCUT2D eigenvalue weighted by Gasteiger charge is 1.98. The zero-order valence-electron chi connectivity index (χ0n) is 5.39. The molecule has 0 saturated carbocycles. The second-order valence-electron chi connectivity index (χ2n) is 1.82. The average molecular weight is 283 g/mol. The third-order valence-corrected chi connectivity index (χ3v) is 1.84. The molecular formula is C7H4ClFIN. The second kappa shape index (κ2) is 4.01. The first-order chi connectivity index (χ1) is 5.24. The summed E-state index contributed by atoms with van der Waals surface area (Å²) < 4.78 is 14.1. The minimum Gasteiger partial charge on any atom is -0.252 e. The third kappa shape index (κ3) is 2.41. The van der Waals surface area contributed by atoms with Crippen LogP contribution < -0.4 is 0 Å². The summed E-state index contributed by atoms with van der Waals surface area (Å²) in [6.07, 6.45) is 1.41. The number of pyridine rings is 1. The van der Waals surface area contributed by atoms with Crippen molar-refractivity contribution in [3.63, 3.8) is 0 Å². The van der Waals surface area contributed by atoms with Crippen LogP contribution in [0.5, 0.6) is 0 Å². The second-order valence-corrected chi connectivity index (χ2v) is 2.88. The molecule has 0 spiro atoms. The van der Waals surface area contributed by atoms with E-state index in [2.05, 4.69) is 4.98 Å². The molecule has 0 radical (unpaired) electrons. The summed E-state index contributed by atoms with van der Waals surface area (Å²) in [7, 11) is 0. The lowest BCUT2D eigenvalue weighted by Crippen LogP contribution is -1.81. The van der Waals surface area contributed by atoms with Gasteiger partial charge < -0.3 is 0 Å². The van der Waals surface area contributed by atoms with Crippen LogP contribution in [0.25, 0.3) is 5.83 Å². The van der Waals surface area contributed by atoms with Gasteiger partial charge in [-0.15, -0.1) is 0 Å². The van der Waals surface area contributed by atoms with Gasteiger partial charge in [-0.05, 0) is 34.7 Å². The van der Waals surface area contributed by atoms with Gasteiger partial charge in [0.2, 0.25) is 0 Å². The van der Waals surface area contributed by atoms with Crippen LogP contribution in [0.1, 0.15) is 5.69 Å². The van der Waals surface area contributed by atoms with Crippen LogP contribution in [0.2, 0.25) is 5.02 Å². The lowest BCUT2D eigenvalue weighted by molar-refractivity contribution is 0.755. The van der Waals surface area contributed by atoms with E-state index >= 15 is 0 Å². The Morgan fingerprint density at radius 3 is 2.82 bits per heavy atom. The number of nitrogens with zero attached hydrogens (tertiary/aromatic N) is 1. The summed E-state index contributed by atoms with van der Waals surface area (Å²) in [5.74, 6) is -0.345. The Balaban J connectivity index is 2.99. The molecule has 58 valence electrons. The zero-order valence-corrected chi connectivity index (χ0v) is 8.30. The summed E-state index contributed by atoms with van der Waals surface area (Å²) in [6.45, 7) is 0. The number of hydrogen-bond donors (Lipinski definition) is 0. The molecule has 0 atom stereocenters. The van der Waals surface area contributed by atoms with Crippen LogP contribution in [0.4, 0.5) is 4.39 Å². The van der Waals surface area contributed by atoms with Crippen molar-refractivity contribution in [3.8, 4) is 0 Å². The van der Waals surface area contributed by atoms with Crippen molar-refractivity contribution in [1.82, 2.24) is 4.98 Å². The van der Waals surface area contributed by atoms with Crippen molar-refractivity contribution in [2.24, 2.45) is 0 Å². The molecule has 1 aromatic rings. The first kappa shape index (κ1) is 8.93. The number of aromatic nitrogens is 1. The fourth-order valence-electron chi connectivity index (χ4n) is 0.573. The predicted octanol–water partition coefficient (Wildman–Crippen LogP) is 3.44. The van der Waals surface area contributed by atoms with Crippen molar-refractivity contribution in [2.45, 2.75) is 0 Å². The van der Waals surface area contributed by atoms with E-state index in [0.717, 1.165) is 0 Å². The first-order valence-electron chi connectivity index (χ1n) is 2.82. The molecule has 0 aliphatic heterocycles. The molecule has 0 aromatic carbocycles. The number of rotatable bonds is 1. The van der Waals surface area contributed by atoms with E-state index in [1.54, 1.807) is 6.07 Å². The topological polar surface area (TPSA) is 12.9 Å². The molecule has 0 aliphatic carbocycles. The lowest BCUT2D eigenvalue weighted by Gasteiger charge is -1.93. The molecular weight excluding hydrogens is 279 g/mol. The van der Waals surface area contributed by atoms with Gasteiger partial charge in [0.05, 0.1) is 10.7 Å². The molecule has 0 bridgehead atoms. The van der Waals surface area contributed by atoms with Crippen LogP contribution in [-0.4, -0.2) is 4.98 Å². The highest BCUT2D eigenvalue weighted by molar-refractivity contribution is 14.1. The van der Waals surface area contributed by atoms with E-state index in [4.69, 9.17) is 11.6 Å². The minimum absolute atomic E-state index is 0.309. The fraction of sp³-hybridized carbons (Fsp3) is 0. The molecule has 0 amide bonds. The Bertz CT molecular complexity index is 270. The molecule has 4 heteroatoms. The summed E-state index contributed by atoms with van der Waals surface area (Å²) >= 11 is 7.37. The number of halogens is 3. The van der Waals surface area contributed by atoms with Crippen LogP contribution in [0.15, 0.2) is 22.4 Å². The third-order valence-electron chi connectivity index (χ3n) is 1.07. The predicted molar refractivity (Wildman–Crippen MR) is 52.4 cm³/mol. The van der Waals surface area contributed by atoms with Gasteiger partial charge in [0.1, 0.15) is 0 Å². The highest BCUT2D eigenvalue weighted by atomic mass is 127. The van der Waals surface area contributed by atoms with E-state index < -0.39 is 0 Å². The van der Waals surface area contributed by atoms with E-state index in [-0.39, 0.29) is 5.83 Å². The average Bonchev–Trinajstić information content (AvgIpc) is 2.05. The molecule has 0 fully saturated rings. The van der Waals surface area contributed by atoms with Crippen molar-refractivity contribution in [1.29, 1.82) is 0 Å². The Kier molecular flexibility index (Phi) is 3.26. The molecule has 1 heterocycles. The summed E-state index contributed by atoms with van der Waals surface area (Å²) in [6, 6.07) is 3.14. The Morgan fingerprint density at radius 1 is 1.64 bits per heavy atom. The quantitative estimate of drug-likeness (QED) is 0.720. The van der Waals surface area contributed by atoms with Gasteiger partial charge in [-0.1, -0.05) is 11.6 Å². The lowest BCUT2D eigenvalue weighted by atomic mass is 10.3. The Morgan fingerprint density at radius 2 is 2.36 bits per heavy atom. The van der Waals surface area contributed by atoms with E-state index in [0.29, 0.717) is 10.7 Å². The van der Waals surface area contributed by atoms with Crippen LogP contribution >= 0.6 is 34.2 Å². The maximum absolute atomic E-state index is 12.7. The molecule has 0 unspecified atom stereocenters. The van der Waals surface area contributed by atoms with Gasteiger partial charge in [0.15, 0.2) is 5.83 Å². The van der Waals surface area contributed by atoms with Crippen LogP contribution in [0, 0.1) is 0 Å². The summed E-state index contributed by atoms with van der Waals surface area (Å²) in [4.78, 5) is 3.77. The Hall–Kier alpha value is -0.160. The van der Waals surface area contributed by atoms with E-state index in [1.165, 1.54) is 16.3 Å². The van der Waals surface area contributed by atoms with Crippen molar-refractivity contribution >= 4 is 40.0 Å². The molecule has 1 aromatic heterocycles. The maximum atomic E-state index is 12.7. The zero-order chi connectivity index (χ0) is 8.27. The standard InChI is InChI=1S/C7H4ClFIN/c8-5-1-2-7(11-4-5)6(9)3-10/h1-4H.